The maximum absolute atomic E-state index is 14.7. The van der Waals surface area contributed by atoms with Crippen LogP contribution in [0.3, 0.4) is 0 Å². The molecule has 0 saturated carbocycles. The van der Waals surface area contributed by atoms with E-state index >= 15 is 0 Å². The molecule has 1 N–H and O–H groups in total. The highest BCUT2D eigenvalue weighted by atomic mass is 16.6. The number of nitrogens with zero attached hydrogens (tertiary/aromatic N) is 4. The lowest BCUT2D eigenvalue weighted by Gasteiger charge is -2.37. The maximum atomic E-state index is 14.7. The number of allylic oxidation sites excluding steroid dienone is 1. The second-order valence-electron chi connectivity index (χ2n) is 14.2. The normalized spacial score (nSPS) is 26.7. The summed E-state index contributed by atoms with van der Waals surface area (Å²) < 4.78 is 18.5. The number of hydrogen-bond acceptors (Lipinski definition) is 9. The van der Waals surface area contributed by atoms with E-state index in [9.17, 15) is 24.3 Å². The first-order valence-electron chi connectivity index (χ1n) is 18.6. The van der Waals surface area contributed by atoms with Crippen LogP contribution >= 0.6 is 0 Å². The van der Waals surface area contributed by atoms with Gasteiger partial charge in [0, 0.05) is 59.3 Å². The predicted octanol–water partition coefficient (Wildman–Crippen LogP) is 2.97. The highest BCUT2D eigenvalue weighted by molar-refractivity contribution is 5.98. The highest BCUT2D eigenvalue weighted by Crippen LogP contribution is 2.59. The van der Waals surface area contributed by atoms with E-state index in [4.69, 9.17) is 14.2 Å². The molecule has 4 heterocycles. The molecule has 4 aliphatic heterocycles. The highest BCUT2D eigenvalue weighted by Gasteiger charge is 2.75. The number of esters is 1. The number of likely N-dealkylation sites (N-methyl/N-ethyl adjacent to an activating group) is 1. The van der Waals surface area contributed by atoms with Crippen LogP contribution in [0, 0.1) is 11.8 Å². The van der Waals surface area contributed by atoms with Gasteiger partial charge in [0.05, 0.1) is 37.2 Å². The number of benzene rings is 1. The molecule has 0 aliphatic carbocycles. The van der Waals surface area contributed by atoms with Crippen LogP contribution in [0.1, 0.15) is 63.5 Å². The number of likely N-dealkylation sites (tertiary alicyclic amines) is 1. The lowest BCUT2D eigenvalue weighted by Crippen LogP contribution is -2.57. The number of carbonyl (C=O) groups excluding carboxylic acids is 4. The summed E-state index contributed by atoms with van der Waals surface area (Å²) in [5, 5.41) is 9.40. The van der Waals surface area contributed by atoms with E-state index in [1.807, 2.05) is 37.3 Å². The monoisotopic (exact) mass is 708 g/mol. The summed E-state index contributed by atoms with van der Waals surface area (Å²) in [5.41, 5.74) is -0.430. The first kappa shape index (κ1) is 38.6. The van der Waals surface area contributed by atoms with Crippen molar-refractivity contribution < 1.29 is 38.5 Å². The third-order valence-electron chi connectivity index (χ3n) is 11.2. The molecule has 0 aromatic heterocycles. The molecule has 12 nitrogen and oxygen atoms in total. The van der Waals surface area contributed by atoms with Crippen molar-refractivity contribution in [1.82, 2.24) is 19.6 Å². The Hall–Kier alpha value is -3.58. The predicted molar refractivity (Wildman–Crippen MR) is 191 cm³/mol. The van der Waals surface area contributed by atoms with Crippen molar-refractivity contribution in [2.24, 2.45) is 11.8 Å². The van der Waals surface area contributed by atoms with Crippen molar-refractivity contribution in [3.05, 3.63) is 61.2 Å². The van der Waals surface area contributed by atoms with Crippen molar-refractivity contribution >= 4 is 23.7 Å². The Labute approximate surface area is 302 Å². The number of unbranched alkanes of at least 4 members (excludes halogenated alkanes) is 2. The van der Waals surface area contributed by atoms with Crippen molar-refractivity contribution in [3.8, 4) is 0 Å². The molecule has 4 fully saturated rings. The number of hydrogen-bond donors (Lipinski definition) is 1. The summed E-state index contributed by atoms with van der Waals surface area (Å²) in [6.45, 7) is 14.2. The van der Waals surface area contributed by atoms with E-state index in [1.54, 1.807) is 33.9 Å². The number of carbonyl (C=O) groups is 4. The Morgan fingerprint density at radius 2 is 1.84 bits per heavy atom. The number of morpholine rings is 1. The lowest BCUT2D eigenvalue weighted by molar-refractivity contribution is -0.164. The summed E-state index contributed by atoms with van der Waals surface area (Å²) in [4.78, 5) is 63.9. The average Bonchev–Trinajstić information content (AvgIpc) is 3.80. The maximum Gasteiger partial charge on any atom is 0.313 e. The fourth-order valence-corrected chi connectivity index (χ4v) is 8.34. The molecule has 12 heteroatoms. The molecule has 280 valence electrons. The minimum absolute atomic E-state index is 0.0479. The molecule has 3 amide bonds. The molecule has 1 aromatic carbocycles. The molecular formula is C39H56N4O8. The van der Waals surface area contributed by atoms with E-state index in [-0.39, 0.29) is 30.7 Å². The summed E-state index contributed by atoms with van der Waals surface area (Å²) >= 11 is 0. The molecule has 4 aliphatic rings. The Morgan fingerprint density at radius 1 is 1.10 bits per heavy atom. The first-order chi connectivity index (χ1) is 24.7. The summed E-state index contributed by atoms with van der Waals surface area (Å²) in [6.07, 6.45) is 5.74. The fourth-order valence-electron chi connectivity index (χ4n) is 8.34. The van der Waals surface area contributed by atoms with Gasteiger partial charge in [0.1, 0.15) is 17.7 Å². The van der Waals surface area contributed by atoms with E-state index in [2.05, 4.69) is 18.1 Å². The topological polar surface area (TPSA) is 129 Å². The Bertz CT molecular complexity index is 1390. The standard InChI is InChI=1S/C39H56N4O8/c1-5-7-16-31(45)40(4)28(3)34(29-14-10-8-11-15-29)50-38(48)32-30-17-18-39(51-30)33(32)36(46)43(20-12-9-13-25-44)35(39)37(47)42(19-6-2)22-21-41-23-26-49-27-24-41/h5-6,8,10-11,14-15,28,30,32-35,44H,1-2,7,9,12-13,16-27H2,3-4H3/t28-,30+,32-,33-,34+,35+,39-/m0/s1. The number of rotatable bonds is 19. The zero-order valence-corrected chi connectivity index (χ0v) is 30.3. The lowest BCUT2D eigenvalue weighted by atomic mass is 9.70. The Morgan fingerprint density at radius 3 is 2.53 bits per heavy atom. The zero-order valence-electron chi connectivity index (χ0n) is 30.3. The smallest absolute Gasteiger partial charge is 0.313 e. The van der Waals surface area contributed by atoms with Gasteiger partial charge in [0.25, 0.3) is 0 Å². The fraction of sp³-hybridized carbons (Fsp3) is 0.641. The van der Waals surface area contributed by atoms with Gasteiger partial charge >= 0.3 is 5.97 Å². The van der Waals surface area contributed by atoms with Crippen molar-refractivity contribution in [2.45, 2.75) is 81.8 Å². The van der Waals surface area contributed by atoms with Crippen molar-refractivity contribution in [1.29, 1.82) is 0 Å². The van der Waals surface area contributed by atoms with Gasteiger partial charge in [-0.25, -0.2) is 0 Å². The molecule has 7 atom stereocenters. The first-order valence-corrected chi connectivity index (χ1v) is 18.6. The van der Waals surface area contributed by atoms with Gasteiger partial charge in [-0.3, -0.25) is 24.1 Å². The van der Waals surface area contributed by atoms with Gasteiger partial charge in [-0.2, -0.15) is 0 Å². The number of aliphatic hydroxyl groups is 1. The molecule has 2 bridgehead atoms. The second kappa shape index (κ2) is 17.8. The van der Waals surface area contributed by atoms with Crippen LogP contribution in [0.15, 0.2) is 55.6 Å². The molecule has 1 spiro atoms. The van der Waals surface area contributed by atoms with E-state index in [0.717, 1.165) is 18.7 Å². The number of amides is 3. The van der Waals surface area contributed by atoms with E-state index in [0.29, 0.717) is 77.9 Å². The molecule has 5 rings (SSSR count). The number of fused-ring (bicyclic) bond motifs is 1. The average molecular weight is 709 g/mol. The second-order valence-corrected chi connectivity index (χ2v) is 14.2. The van der Waals surface area contributed by atoms with Gasteiger partial charge in [0.2, 0.25) is 17.7 Å². The largest absolute Gasteiger partial charge is 0.455 e. The third kappa shape index (κ3) is 8.24. The number of aliphatic hydroxyl groups excluding tert-OH is 1. The third-order valence-corrected chi connectivity index (χ3v) is 11.2. The minimum atomic E-state index is -1.16. The molecule has 0 unspecified atom stereocenters. The van der Waals surface area contributed by atoms with Crippen LogP contribution in [-0.4, -0.2) is 138 Å². The van der Waals surface area contributed by atoms with Crippen LogP contribution in [0.25, 0.3) is 0 Å². The van der Waals surface area contributed by atoms with Crippen LogP contribution in [-0.2, 0) is 33.4 Å². The van der Waals surface area contributed by atoms with Crippen LogP contribution in [0.5, 0.6) is 0 Å². The Kier molecular flexibility index (Phi) is 13.5. The molecule has 0 radical (unpaired) electrons. The van der Waals surface area contributed by atoms with Gasteiger partial charge in [-0.05, 0) is 51.0 Å². The molecular weight excluding hydrogens is 652 g/mol. The van der Waals surface area contributed by atoms with Gasteiger partial charge < -0.3 is 34.0 Å². The van der Waals surface area contributed by atoms with Gasteiger partial charge in [-0.1, -0.05) is 42.5 Å². The summed E-state index contributed by atoms with van der Waals surface area (Å²) in [5.74, 6) is -2.90. The molecule has 4 saturated heterocycles. The Balaban J connectivity index is 1.42. The van der Waals surface area contributed by atoms with E-state index in [1.165, 1.54) is 0 Å². The zero-order chi connectivity index (χ0) is 36.5. The van der Waals surface area contributed by atoms with Gasteiger partial charge in [0.15, 0.2) is 0 Å². The van der Waals surface area contributed by atoms with Crippen LogP contribution < -0.4 is 0 Å². The van der Waals surface area contributed by atoms with Gasteiger partial charge in [-0.15, -0.1) is 13.2 Å². The summed E-state index contributed by atoms with van der Waals surface area (Å²) in [7, 11) is 1.70. The minimum Gasteiger partial charge on any atom is -0.455 e. The molecule has 1 aromatic rings. The van der Waals surface area contributed by atoms with E-state index < -0.39 is 47.7 Å². The number of ether oxygens (including phenoxy) is 3. The van der Waals surface area contributed by atoms with Crippen molar-refractivity contribution in [3.63, 3.8) is 0 Å². The quantitative estimate of drug-likeness (QED) is 0.131. The van der Waals surface area contributed by atoms with Crippen LogP contribution in [0.4, 0.5) is 0 Å². The van der Waals surface area contributed by atoms with Crippen LogP contribution in [0.2, 0.25) is 0 Å². The summed E-state index contributed by atoms with van der Waals surface area (Å²) in [6, 6.07) is 7.93. The SMILES string of the molecule is C=CCCC(=O)N(C)[C@@H](C)[C@@H](OC(=O)[C@@H]1[C@H]2C(=O)N(CCCCCO)[C@H](C(=O)N(CC=C)CCN3CCOCC3)[C@]23CC[C@H]1O3)c1ccccc1. The molecule has 51 heavy (non-hydrogen) atoms. The van der Waals surface area contributed by atoms with Crippen molar-refractivity contribution in [2.75, 3.05) is 66.1 Å².